The van der Waals surface area contributed by atoms with Gasteiger partial charge >= 0.3 is 0 Å². The van der Waals surface area contributed by atoms with Gasteiger partial charge in [0.2, 0.25) is 0 Å². The van der Waals surface area contributed by atoms with Gasteiger partial charge in [-0.1, -0.05) is 26.0 Å². The van der Waals surface area contributed by atoms with Crippen molar-refractivity contribution in [1.82, 2.24) is 5.32 Å². The topological polar surface area (TPSA) is 38.0 Å². The highest BCUT2D eigenvalue weighted by molar-refractivity contribution is 5.24. The quantitative estimate of drug-likeness (QED) is 0.814. The first-order valence-corrected chi connectivity index (χ1v) is 6.64. The molecule has 1 aliphatic rings. The van der Waals surface area contributed by atoms with E-state index >= 15 is 0 Å². The van der Waals surface area contributed by atoms with Crippen molar-refractivity contribution in [3.63, 3.8) is 0 Å². The normalized spacial score (nSPS) is 17.8. The maximum Gasteiger partial charge on any atom is 0.123 e. The molecule has 1 fully saturated rings. The number of nitrogens with two attached hydrogens (primary N) is 1. The van der Waals surface area contributed by atoms with E-state index in [-0.39, 0.29) is 11.2 Å². The second-order valence-corrected chi connectivity index (χ2v) is 6.20. The van der Waals surface area contributed by atoms with Crippen LogP contribution in [0.1, 0.15) is 32.3 Å². The van der Waals surface area contributed by atoms with Crippen LogP contribution in [0, 0.1) is 11.2 Å². The Morgan fingerprint density at radius 2 is 1.89 bits per heavy atom. The van der Waals surface area contributed by atoms with Crippen LogP contribution in [0.3, 0.4) is 0 Å². The van der Waals surface area contributed by atoms with Crippen molar-refractivity contribution >= 4 is 0 Å². The molecule has 0 saturated heterocycles. The van der Waals surface area contributed by atoms with Crippen molar-refractivity contribution in [1.29, 1.82) is 0 Å². The van der Waals surface area contributed by atoms with Crippen molar-refractivity contribution in [3.05, 3.63) is 35.6 Å². The molecule has 2 nitrogen and oxygen atoms in total. The van der Waals surface area contributed by atoms with Gasteiger partial charge in [-0.15, -0.1) is 0 Å². The van der Waals surface area contributed by atoms with Crippen LogP contribution in [0.2, 0.25) is 0 Å². The predicted octanol–water partition coefficient (Wildman–Crippen LogP) is 2.43. The molecule has 1 aliphatic carbocycles. The lowest BCUT2D eigenvalue weighted by Crippen LogP contribution is -2.38. The minimum Gasteiger partial charge on any atom is -0.330 e. The Kier molecular flexibility index (Phi) is 3.74. The fourth-order valence-electron chi connectivity index (χ4n) is 2.27. The van der Waals surface area contributed by atoms with Crippen molar-refractivity contribution < 1.29 is 4.39 Å². The zero-order chi connectivity index (χ0) is 13.2. The van der Waals surface area contributed by atoms with Gasteiger partial charge in [-0.05, 0) is 42.5 Å². The molecular weight excluding hydrogens is 227 g/mol. The number of hydrogen-bond donors (Lipinski definition) is 2. The highest BCUT2D eigenvalue weighted by atomic mass is 19.1. The van der Waals surface area contributed by atoms with Gasteiger partial charge < -0.3 is 11.1 Å². The Morgan fingerprint density at radius 3 is 2.39 bits per heavy atom. The summed E-state index contributed by atoms with van der Waals surface area (Å²) in [6.07, 6.45) is 2.49. The van der Waals surface area contributed by atoms with E-state index < -0.39 is 0 Å². The van der Waals surface area contributed by atoms with Crippen LogP contribution < -0.4 is 11.1 Å². The van der Waals surface area contributed by atoms with E-state index in [1.165, 1.54) is 25.0 Å². The number of nitrogens with one attached hydrogen (secondary N) is 1. The van der Waals surface area contributed by atoms with Crippen LogP contribution in [0.15, 0.2) is 24.3 Å². The molecular formula is C15H23FN2. The summed E-state index contributed by atoms with van der Waals surface area (Å²) in [6, 6.07) is 6.79. The second-order valence-electron chi connectivity index (χ2n) is 6.20. The summed E-state index contributed by atoms with van der Waals surface area (Å²) < 4.78 is 12.9. The number of hydrogen-bond acceptors (Lipinski definition) is 2. The molecule has 2 rings (SSSR count). The first kappa shape index (κ1) is 13.5. The van der Waals surface area contributed by atoms with Gasteiger partial charge in [-0.25, -0.2) is 4.39 Å². The van der Waals surface area contributed by atoms with E-state index in [2.05, 4.69) is 19.2 Å². The average molecular weight is 250 g/mol. The monoisotopic (exact) mass is 250 g/mol. The van der Waals surface area contributed by atoms with Gasteiger partial charge in [0.15, 0.2) is 0 Å². The summed E-state index contributed by atoms with van der Waals surface area (Å²) in [7, 11) is 0. The fourth-order valence-corrected chi connectivity index (χ4v) is 2.27. The molecule has 1 saturated carbocycles. The summed E-state index contributed by atoms with van der Waals surface area (Å²) in [6.45, 7) is 7.01. The Balaban J connectivity index is 1.88. The van der Waals surface area contributed by atoms with E-state index in [1.807, 2.05) is 12.1 Å². The molecule has 0 aliphatic heterocycles. The molecule has 0 spiro atoms. The van der Waals surface area contributed by atoms with Crippen molar-refractivity contribution in [3.8, 4) is 0 Å². The van der Waals surface area contributed by atoms with Gasteiger partial charge in [-0.3, -0.25) is 0 Å². The second kappa shape index (κ2) is 4.98. The van der Waals surface area contributed by atoms with Crippen molar-refractivity contribution in [2.75, 3.05) is 19.6 Å². The van der Waals surface area contributed by atoms with Crippen molar-refractivity contribution in [2.24, 2.45) is 11.1 Å². The third-order valence-electron chi connectivity index (χ3n) is 4.08. The molecule has 0 atom stereocenters. The van der Waals surface area contributed by atoms with Crippen LogP contribution in [0.4, 0.5) is 4.39 Å². The van der Waals surface area contributed by atoms with Crippen LogP contribution >= 0.6 is 0 Å². The van der Waals surface area contributed by atoms with Crippen LogP contribution in [0.25, 0.3) is 0 Å². The number of rotatable bonds is 6. The SMILES string of the molecule is CC(C)(CNCC1(CN)CC1)c1ccc(F)cc1. The lowest BCUT2D eigenvalue weighted by atomic mass is 9.84. The molecule has 100 valence electrons. The van der Waals surface area contributed by atoms with Gasteiger partial charge in [0, 0.05) is 18.5 Å². The molecule has 0 aromatic heterocycles. The molecule has 0 bridgehead atoms. The highest BCUT2D eigenvalue weighted by Crippen LogP contribution is 2.43. The van der Waals surface area contributed by atoms with Crippen LogP contribution in [-0.4, -0.2) is 19.6 Å². The highest BCUT2D eigenvalue weighted by Gasteiger charge is 2.40. The lowest BCUT2D eigenvalue weighted by Gasteiger charge is -2.27. The van der Waals surface area contributed by atoms with Gasteiger partial charge in [0.25, 0.3) is 0 Å². The third kappa shape index (κ3) is 3.09. The molecule has 1 aromatic rings. The van der Waals surface area contributed by atoms with E-state index in [0.29, 0.717) is 5.41 Å². The molecule has 3 heteroatoms. The molecule has 3 N–H and O–H groups in total. The number of halogens is 1. The summed E-state index contributed by atoms with van der Waals surface area (Å²) in [5, 5.41) is 3.52. The van der Waals surface area contributed by atoms with E-state index in [1.54, 1.807) is 0 Å². The molecule has 0 radical (unpaired) electrons. The molecule has 1 aromatic carbocycles. The summed E-state index contributed by atoms with van der Waals surface area (Å²) in [5.41, 5.74) is 7.30. The molecule has 18 heavy (non-hydrogen) atoms. The first-order valence-electron chi connectivity index (χ1n) is 6.64. The Morgan fingerprint density at radius 1 is 1.28 bits per heavy atom. The Labute approximate surface area is 109 Å². The zero-order valence-corrected chi connectivity index (χ0v) is 11.3. The minimum absolute atomic E-state index is 0.0123. The molecule has 0 unspecified atom stereocenters. The lowest BCUT2D eigenvalue weighted by molar-refractivity contribution is 0.410. The maximum absolute atomic E-state index is 12.9. The van der Waals surface area contributed by atoms with Crippen molar-refractivity contribution in [2.45, 2.75) is 32.1 Å². The largest absolute Gasteiger partial charge is 0.330 e. The predicted molar refractivity (Wildman–Crippen MR) is 73.0 cm³/mol. The zero-order valence-electron chi connectivity index (χ0n) is 11.3. The summed E-state index contributed by atoms with van der Waals surface area (Å²) in [5.74, 6) is -0.178. The van der Waals surface area contributed by atoms with E-state index in [0.717, 1.165) is 25.2 Å². The first-order chi connectivity index (χ1) is 8.47. The van der Waals surface area contributed by atoms with Gasteiger partial charge in [-0.2, -0.15) is 0 Å². The Bertz CT molecular complexity index is 393. The fraction of sp³-hybridized carbons (Fsp3) is 0.600. The van der Waals surface area contributed by atoms with Gasteiger partial charge in [0.1, 0.15) is 5.82 Å². The third-order valence-corrected chi connectivity index (χ3v) is 4.08. The Hall–Kier alpha value is -0.930. The summed E-state index contributed by atoms with van der Waals surface area (Å²) in [4.78, 5) is 0. The van der Waals surface area contributed by atoms with Crippen LogP contribution in [-0.2, 0) is 5.41 Å². The number of benzene rings is 1. The standard InChI is InChI=1S/C15H23FN2/c1-14(2,12-3-5-13(16)6-4-12)10-18-11-15(9-17)7-8-15/h3-6,18H,7-11,17H2,1-2H3. The minimum atomic E-state index is -0.178. The molecule has 0 heterocycles. The maximum atomic E-state index is 12.9. The smallest absolute Gasteiger partial charge is 0.123 e. The average Bonchev–Trinajstić information content (AvgIpc) is 3.10. The summed E-state index contributed by atoms with van der Waals surface area (Å²) >= 11 is 0. The van der Waals surface area contributed by atoms with E-state index in [4.69, 9.17) is 5.73 Å². The van der Waals surface area contributed by atoms with Gasteiger partial charge in [0.05, 0.1) is 0 Å². The van der Waals surface area contributed by atoms with E-state index in [9.17, 15) is 4.39 Å². The molecule has 0 amide bonds. The van der Waals surface area contributed by atoms with Crippen LogP contribution in [0.5, 0.6) is 0 Å².